The van der Waals surface area contributed by atoms with Gasteiger partial charge in [0.15, 0.2) is 0 Å². The summed E-state index contributed by atoms with van der Waals surface area (Å²) in [6.07, 6.45) is 1.05. The van der Waals surface area contributed by atoms with Gasteiger partial charge in [0, 0.05) is 20.8 Å². The first-order valence-electron chi connectivity index (χ1n) is 4.39. The van der Waals surface area contributed by atoms with Crippen LogP contribution in [0.3, 0.4) is 0 Å². The summed E-state index contributed by atoms with van der Waals surface area (Å²) in [7, 11) is 0. The molecule has 0 atom stereocenters. The molecule has 13 heavy (non-hydrogen) atoms. The maximum atomic E-state index is 5.39. The van der Waals surface area contributed by atoms with Crippen LogP contribution in [-0.2, 0) is 6.54 Å². The standard InChI is InChI=1S/C9H15BrN2S/c1-7-9(10)5-8(13-7)6-12-4-2-3-11/h5,12H,2-4,6,11H2,1H3. The summed E-state index contributed by atoms with van der Waals surface area (Å²) in [5.74, 6) is 0. The van der Waals surface area contributed by atoms with Gasteiger partial charge >= 0.3 is 0 Å². The second-order valence-electron chi connectivity index (χ2n) is 2.94. The first-order chi connectivity index (χ1) is 6.24. The molecule has 1 rings (SSSR count). The lowest BCUT2D eigenvalue weighted by Crippen LogP contribution is -2.16. The molecule has 0 saturated heterocycles. The Kier molecular flexibility index (Phi) is 4.94. The molecule has 0 spiro atoms. The van der Waals surface area contributed by atoms with Crippen LogP contribution in [0.4, 0.5) is 0 Å². The van der Waals surface area contributed by atoms with Crippen molar-refractivity contribution in [1.82, 2.24) is 5.32 Å². The highest BCUT2D eigenvalue weighted by Gasteiger charge is 2.01. The van der Waals surface area contributed by atoms with E-state index in [1.165, 1.54) is 14.2 Å². The molecule has 0 fully saturated rings. The van der Waals surface area contributed by atoms with Gasteiger partial charge in [-0.2, -0.15) is 0 Å². The molecule has 0 aliphatic carbocycles. The number of rotatable bonds is 5. The van der Waals surface area contributed by atoms with Crippen molar-refractivity contribution in [2.75, 3.05) is 13.1 Å². The van der Waals surface area contributed by atoms with Crippen molar-refractivity contribution in [3.8, 4) is 0 Å². The van der Waals surface area contributed by atoms with Crippen molar-refractivity contribution in [3.63, 3.8) is 0 Å². The lowest BCUT2D eigenvalue weighted by atomic mass is 10.4. The van der Waals surface area contributed by atoms with Gasteiger partial charge < -0.3 is 11.1 Å². The molecule has 0 aliphatic rings. The van der Waals surface area contributed by atoms with Crippen LogP contribution in [0.1, 0.15) is 16.2 Å². The molecular formula is C9H15BrN2S. The fraction of sp³-hybridized carbons (Fsp3) is 0.556. The molecule has 3 N–H and O–H groups in total. The van der Waals surface area contributed by atoms with Gasteiger partial charge in [0.25, 0.3) is 0 Å². The second-order valence-corrected chi connectivity index (χ2v) is 5.13. The number of nitrogens with two attached hydrogens (primary N) is 1. The van der Waals surface area contributed by atoms with Crippen LogP contribution in [0.2, 0.25) is 0 Å². The minimum absolute atomic E-state index is 0.764. The van der Waals surface area contributed by atoms with Crippen molar-refractivity contribution in [3.05, 3.63) is 20.3 Å². The molecule has 1 aromatic rings. The fourth-order valence-electron chi connectivity index (χ4n) is 1.04. The Balaban J connectivity index is 2.29. The highest BCUT2D eigenvalue weighted by Crippen LogP contribution is 2.25. The Morgan fingerprint density at radius 3 is 2.92 bits per heavy atom. The summed E-state index contributed by atoms with van der Waals surface area (Å²) in [6.45, 7) is 4.85. The van der Waals surface area contributed by atoms with E-state index in [0.29, 0.717) is 0 Å². The maximum Gasteiger partial charge on any atom is 0.0314 e. The van der Waals surface area contributed by atoms with Crippen molar-refractivity contribution in [1.29, 1.82) is 0 Å². The van der Waals surface area contributed by atoms with Crippen LogP contribution in [0.25, 0.3) is 0 Å². The summed E-state index contributed by atoms with van der Waals surface area (Å²) in [5, 5.41) is 3.35. The smallest absolute Gasteiger partial charge is 0.0314 e. The molecule has 1 heterocycles. The molecular weight excluding hydrogens is 248 g/mol. The van der Waals surface area contributed by atoms with Gasteiger partial charge in [-0.25, -0.2) is 0 Å². The van der Waals surface area contributed by atoms with E-state index >= 15 is 0 Å². The number of thiophene rings is 1. The van der Waals surface area contributed by atoms with Gasteiger partial charge in [-0.15, -0.1) is 11.3 Å². The molecule has 4 heteroatoms. The van der Waals surface area contributed by atoms with E-state index < -0.39 is 0 Å². The maximum absolute atomic E-state index is 5.39. The Morgan fingerprint density at radius 2 is 2.38 bits per heavy atom. The third kappa shape index (κ3) is 3.77. The highest BCUT2D eigenvalue weighted by molar-refractivity contribution is 9.10. The zero-order valence-corrected chi connectivity index (χ0v) is 10.2. The van der Waals surface area contributed by atoms with E-state index in [9.17, 15) is 0 Å². The lowest BCUT2D eigenvalue weighted by Gasteiger charge is -1.99. The molecule has 0 amide bonds. The Morgan fingerprint density at radius 1 is 1.62 bits per heavy atom. The number of nitrogens with one attached hydrogen (secondary N) is 1. The molecule has 74 valence electrons. The molecule has 1 aromatic heterocycles. The van der Waals surface area contributed by atoms with E-state index in [1.807, 2.05) is 11.3 Å². The predicted octanol–water partition coefficient (Wildman–Crippen LogP) is 2.26. The van der Waals surface area contributed by atoms with Crippen LogP contribution in [0.15, 0.2) is 10.5 Å². The van der Waals surface area contributed by atoms with Crippen LogP contribution < -0.4 is 11.1 Å². The van der Waals surface area contributed by atoms with Crippen molar-refractivity contribution in [2.45, 2.75) is 19.9 Å². The van der Waals surface area contributed by atoms with Crippen molar-refractivity contribution < 1.29 is 0 Å². The minimum Gasteiger partial charge on any atom is -0.330 e. The topological polar surface area (TPSA) is 38.0 Å². The van der Waals surface area contributed by atoms with Gasteiger partial charge in [-0.3, -0.25) is 0 Å². The third-order valence-corrected chi connectivity index (χ3v) is 3.90. The average molecular weight is 263 g/mol. The normalized spacial score (nSPS) is 10.7. The van der Waals surface area contributed by atoms with Crippen LogP contribution in [-0.4, -0.2) is 13.1 Å². The molecule has 0 radical (unpaired) electrons. The molecule has 0 saturated carbocycles. The molecule has 0 aliphatic heterocycles. The quantitative estimate of drug-likeness (QED) is 0.800. The highest BCUT2D eigenvalue weighted by atomic mass is 79.9. The number of halogens is 1. The molecule has 0 bridgehead atoms. The average Bonchev–Trinajstić information content (AvgIpc) is 2.41. The molecule has 0 aromatic carbocycles. The first kappa shape index (κ1) is 11.2. The van der Waals surface area contributed by atoms with Gasteiger partial charge in [0.05, 0.1) is 0 Å². The van der Waals surface area contributed by atoms with Gasteiger partial charge in [-0.1, -0.05) is 0 Å². The number of hydrogen-bond donors (Lipinski definition) is 2. The zero-order chi connectivity index (χ0) is 9.68. The largest absolute Gasteiger partial charge is 0.330 e. The van der Waals surface area contributed by atoms with E-state index in [1.54, 1.807) is 0 Å². The van der Waals surface area contributed by atoms with Crippen molar-refractivity contribution >= 4 is 27.3 Å². The summed E-state index contributed by atoms with van der Waals surface area (Å²) in [5.41, 5.74) is 5.39. The van der Waals surface area contributed by atoms with Crippen LogP contribution >= 0.6 is 27.3 Å². The summed E-state index contributed by atoms with van der Waals surface area (Å²) in [6, 6.07) is 2.18. The monoisotopic (exact) mass is 262 g/mol. The first-order valence-corrected chi connectivity index (χ1v) is 6.00. The van der Waals surface area contributed by atoms with Gasteiger partial charge in [-0.05, 0) is 48.4 Å². The Bertz CT molecular complexity index is 241. The van der Waals surface area contributed by atoms with Crippen LogP contribution in [0.5, 0.6) is 0 Å². The summed E-state index contributed by atoms with van der Waals surface area (Å²) in [4.78, 5) is 2.72. The number of aryl methyl sites for hydroxylation is 1. The Hall–Kier alpha value is 0.100. The van der Waals surface area contributed by atoms with E-state index in [4.69, 9.17) is 5.73 Å². The summed E-state index contributed by atoms with van der Waals surface area (Å²) >= 11 is 5.33. The van der Waals surface area contributed by atoms with Gasteiger partial charge in [0.2, 0.25) is 0 Å². The van der Waals surface area contributed by atoms with Gasteiger partial charge in [0.1, 0.15) is 0 Å². The molecule has 0 unspecified atom stereocenters. The lowest BCUT2D eigenvalue weighted by molar-refractivity contribution is 0.660. The summed E-state index contributed by atoms with van der Waals surface area (Å²) < 4.78 is 1.22. The number of hydrogen-bond acceptors (Lipinski definition) is 3. The predicted molar refractivity (Wildman–Crippen MR) is 62.1 cm³/mol. The second kappa shape index (κ2) is 5.75. The SMILES string of the molecule is Cc1sc(CNCCCN)cc1Br. The molecule has 2 nitrogen and oxygen atoms in total. The van der Waals surface area contributed by atoms with E-state index in [2.05, 4.69) is 34.2 Å². The van der Waals surface area contributed by atoms with Crippen molar-refractivity contribution in [2.24, 2.45) is 5.73 Å². The zero-order valence-electron chi connectivity index (χ0n) is 7.77. The minimum atomic E-state index is 0.764. The fourth-order valence-corrected chi connectivity index (χ4v) is 2.61. The third-order valence-electron chi connectivity index (χ3n) is 1.77. The Labute approximate surface area is 91.7 Å². The van der Waals surface area contributed by atoms with E-state index in [0.717, 1.165) is 26.1 Å². The van der Waals surface area contributed by atoms with E-state index in [-0.39, 0.29) is 0 Å². The van der Waals surface area contributed by atoms with Crippen LogP contribution in [0, 0.1) is 6.92 Å².